The van der Waals surface area contributed by atoms with Gasteiger partial charge in [-0.25, -0.2) is 4.79 Å². The van der Waals surface area contributed by atoms with Crippen molar-refractivity contribution in [3.63, 3.8) is 0 Å². The first-order valence-corrected chi connectivity index (χ1v) is 7.51. The van der Waals surface area contributed by atoms with E-state index in [1.807, 2.05) is 11.9 Å². The van der Waals surface area contributed by atoms with Crippen LogP contribution in [0.25, 0.3) is 0 Å². The third-order valence-corrected chi connectivity index (χ3v) is 5.12. The molecule has 0 aromatic carbocycles. The maximum absolute atomic E-state index is 12.4. The first kappa shape index (κ1) is 12.3. The average molecular weight is 251 g/mol. The van der Waals surface area contributed by atoms with Crippen LogP contribution in [0.5, 0.6) is 0 Å². The first-order valence-electron chi connectivity index (χ1n) is 7.51. The van der Waals surface area contributed by atoms with Crippen molar-refractivity contribution in [2.24, 2.45) is 5.92 Å². The van der Waals surface area contributed by atoms with Crippen LogP contribution in [0, 0.1) is 5.92 Å². The zero-order valence-corrected chi connectivity index (χ0v) is 11.4. The molecular formula is C14H25N3O. The third kappa shape index (κ3) is 2.11. The molecule has 4 nitrogen and oxygen atoms in total. The Bertz CT molecular complexity index is 308. The lowest BCUT2D eigenvalue weighted by atomic mass is 9.97. The van der Waals surface area contributed by atoms with E-state index in [9.17, 15) is 4.79 Å². The molecule has 1 atom stereocenters. The molecule has 3 fully saturated rings. The van der Waals surface area contributed by atoms with Gasteiger partial charge in [-0.3, -0.25) is 0 Å². The van der Waals surface area contributed by atoms with Crippen LogP contribution in [0.4, 0.5) is 4.79 Å². The summed E-state index contributed by atoms with van der Waals surface area (Å²) in [7, 11) is 2.01. The van der Waals surface area contributed by atoms with Crippen LogP contribution in [-0.4, -0.2) is 54.6 Å². The quantitative estimate of drug-likeness (QED) is 0.810. The Labute approximate surface area is 110 Å². The predicted octanol–water partition coefficient (Wildman–Crippen LogP) is 1.66. The van der Waals surface area contributed by atoms with Gasteiger partial charge in [0.15, 0.2) is 0 Å². The van der Waals surface area contributed by atoms with Gasteiger partial charge in [0, 0.05) is 19.6 Å². The van der Waals surface area contributed by atoms with Gasteiger partial charge < -0.3 is 15.1 Å². The molecule has 2 saturated heterocycles. The molecule has 0 bridgehead atoms. The fourth-order valence-electron chi connectivity index (χ4n) is 3.98. The van der Waals surface area contributed by atoms with Gasteiger partial charge >= 0.3 is 6.03 Å². The van der Waals surface area contributed by atoms with E-state index >= 15 is 0 Å². The number of amides is 2. The van der Waals surface area contributed by atoms with Gasteiger partial charge in [0.1, 0.15) is 0 Å². The van der Waals surface area contributed by atoms with Crippen molar-refractivity contribution in [3.8, 4) is 0 Å². The normalized spacial score (nSPS) is 31.6. The van der Waals surface area contributed by atoms with Crippen LogP contribution < -0.4 is 5.32 Å². The number of carbonyl (C=O) groups is 1. The second-order valence-electron chi connectivity index (χ2n) is 6.14. The molecule has 1 saturated carbocycles. The van der Waals surface area contributed by atoms with Crippen molar-refractivity contribution in [3.05, 3.63) is 0 Å². The molecule has 1 N–H and O–H groups in total. The molecular weight excluding hydrogens is 226 g/mol. The summed E-state index contributed by atoms with van der Waals surface area (Å²) in [4.78, 5) is 16.6. The zero-order valence-electron chi connectivity index (χ0n) is 11.4. The van der Waals surface area contributed by atoms with Gasteiger partial charge in [-0.2, -0.15) is 0 Å². The van der Waals surface area contributed by atoms with E-state index < -0.39 is 0 Å². The lowest BCUT2D eigenvalue weighted by molar-refractivity contribution is 0.169. The topological polar surface area (TPSA) is 35.6 Å². The Kier molecular flexibility index (Phi) is 3.46. The van der Waals surface area contributed by atoms with E-state index in [2.05, 4.69) is 10.2 Å². The molecule has 2 heterocycles. The summed E-state index contributed by atoms with van der Waals surface area (Å²) in [6, 6.07) is 1.24. The number of rotatable bonds is 2. The Balaban J connectivity index is 1.67. The largest absolute Gasteiger partial charge is 0.323 e. The summed E-state index contributed by atoms with van der Waals surface area (Å²) in [6.45, 7) is 3.10. The second-order valence-corrected chi connectivity index (χ2v) is 6.14. The Morgan fingerprint density at radius 3 is 2.44 bits per heavy atom. The van der Waals surface area contributed by atoms with Gasteiger partial charge in [0.25, 0.3) is 0 Å². The summed E-state index contributed by atoms with van der Waals surface area (Å²) in [6.07, 6.45) is 7.60. The Morgan fingerprint density at radius 1 is 1.11 bits per heavy atom. The number of hydrogen-bond donors (Lipinski definition) is 1. The summed E-state index contributed by atoms with van der Waals surface area (Å²) in [5.74, 6) is 0.755. The molecule has 0 aromatic rings. The smallest absolute Gasteiger partial charge is 0.320 e. The van der Waals surface area contributed by atoms with Crippen molar-refractivity contribution >= 4 is 6.03 Å². The molecule has 2 aliphatic heterocycles. The number of hydrogen-bond acceptors (Lipinski definition) is 2. The molecule has 4 heteroatoms. The minimum Gasteiger partial charge on any atom is -0.323 e. The molecule has 0 radical (unpaired) electrons. The van der Waals surface area contributed by atoms with Gasteiger partial charge in [-0.1, -0.05) is 12.8 Å². The monoisotopic (exact) mass is 251 g/mol. The van der Waals surface area contributed by atoms with E-state index in [1.54, 1.807) is 0 Å². The lowest BCUT2D eigenvalue weighted by Gasteiger charge is -2.31. The molecule has 1 unspecified atom stereocenters. The summed E-state index contributed by atoms with van der Waals surface area (Å²) >= 11 is 0. The fourth-order valence-corrected chi connectivity index (χ4v) is 3.98. The summed E-state index contributed by atoms with van der Waals surface area (Å²) in [5, 5.41) is 3.38. The maximum Gasteiger partial charge on any atom is 0.320 e. The fraction of sp³-hybridized carbons (Fsp3) is 0.929. The number of likely N-dealkylation sites (N-methyl/N-ethyl adjacent to an activating group) is 1. The summed E-state index contributed by atoms with van der Waals surface area (Å²) < 4.78 is 0. The molecule has 102 valence electrons. The van der Waals surface area contributed by atoms with Gasteiger partial charge in [0.2, 0.25) is 0 Å². The second kappa shape index (κ2) is 5.08. The number of piperidine rings is 1. The average Bonchev–Trinajstić information content (AvgIpc) is 3.01. The van der Waals surface area contributed by atoms with Crippen LogP contribution >= 0.6 is 0 Å². The highest BCUT2D eigenvalue weighted by Crippen LogP contribution is 2.34. The Hall–Kier alpha value is -0.770. The SMILES string of the molecule is CN1C(=O)N(C2CCNCC2)CC1C1CCCC1. The minimum absolute atomic E-state index is 0.277. The predicted molar refractivity (Wildman–Crippen MR) is 71.5 cm³/mol. The van der Waals surface area contributed by atoms with E-state index in [1.165, 1.54) is 25.7 Å². The van der Waals surface area contributed by atoms with E-state index in [-0.39, 0.29) is 6.03 Å². The highest BCUT2D eigenvalue weighted by molar-refractivity contribution is 5.77. The van der Waals surface area contributed by atoms with Crippen molar-refractivity contribution < 1.29 is 4.79 Å². The Morgan fingerprint density at radius 2 is 1.78 bits per heavy atom. The zero-order chi connectivity index (χ0) is 12.5. The first-order chi connectivity index (χ1) is 8.77. The number of nitrogens with zero attached hydrogens (tertiary/aromatic N) is 2. The minimum atomic E-state index is 0.277. The summed E-state index contributed by atoms with van der Waals surface area (Å²) in [5.41, 5.74) is 0. The lowest BCUT2D eigenvalue weighted by Crippen LogP contribution is -2.44. The van der Waals surface area contributed by atoms with Crippen LogP contribution in [0.15, 0.2) is 0 Å². The van der Waals surface area contributed by atoms with E-state index in [4.69, 9.17) is 0 Å². The van der Waals surface area contributed by atoms with Crippen molar-refractivity contribution in [2.75, 3.05) is 26.7 Å². The molecule has 3 aliphatic rings. The van der Waals surface area contributed by atoms with Crippen LogP contribution in [-0.2, 0) is 0 Å². The van der Waals surface area contributed by atoms with Crippen LogP contribution in [0.1, 0.15) is 38.5 Å². The standard InChI is InChI=1S/C14H25N3O/c1-16-13(11-4-2-3-5-11)10-17(14(16)18)12-6-8-15-9-7-12/h11-13,15H,2-10H2,1H3. The molecule has 1 aliphatic carbocycles. The van der Waals surface area contributed by atoms with Crippen molar-refractivity contribution in [1.29, 1.82) is 0 Å². The van der Waals surface area contributed by atoms with Gasteiger partial charge in [0.05, 0.1) is 6.04 Å². The van der Waals surface area contributed by atoms with Crippen molar-refractivity contribution in [2.45, 2.75) is 50.6 Å². The molecule has 0 spiro atoms. The van der Waals surface area contributed by atoms with E-state index in [0.29, 0.717) is 12.1 Å². The molecule has 0 aromatic heterocycles. The highest BCUT2D eigenvalue weighted by atomic mass is 16.2. The molecule has 18 heavy (non-hydrogen) atoms. The maximum atomic E-state index is 12.4. The number of urea groups is 1. The van der Waals surface area contributed by atoms with Crippen LogP contribution in [0.2, 0.25) is 0 Å². The highest BCUT2D eigenvalue weighted by Gasteiger charge is 2.42. The van der Waals surface area contributed by atoms with E-state index in [0.717, 1.165) is 38.4 Å². The van der Waals surface area contributed by atoms with Crippen LogP contribution in [0.3, 0.4) is 0 Å². The third-order valence-electron chi connectivity index (χ3n) is 5.12. The van der Waals surface area contributed by atoms with Gasteiger partial charge in [-0.15, -0.1) is 0 Å². The number of nitrogens with one attached hydrogen (secondary N) is 1. The number of carbonyl (C=O) groups excluding carboxylic acids is 1. The molecule has 3 rings (SSSR count). The molecule has 2 amide bonds. The van der Waals surface area contributed by atoms with Crippen molar-refractivity contribution in [1.82, 2.24) is 15.1 Å². The van der Waals surface area contributed by atoms with Gasteiger partial charge in [-0.05, 0) is 44.7 Å².